The normalized spacial score (nSPS) is 12.3. The number of hydrogen-bond acceptors (Lipinski definition) is 3. The van der Waals surface area contributed by atoms with Gasteiger partial charge in [-0.05, 0) is 69.0 Å². The highest BCUT2D eigenvalue weighted by Gasteiger charge is 2.21. The summed E-state index contributed by atoms with van der Waals surface area (Å²) in [7, 11) is 0. The molecule has 3 aromatic rings. The van der Waals surface area contributed by atoms with Crippen molar-refractivity contribution in [3.05, 3.63) is 59.4 Å². The Kier molecular flexibility index (Phi) is 7.14. The molecule has 2 aromatic carbocycles. The molecule has 0 saturated heterocycles. The van der Waals surface area contributed by atoms with E-state index in [1.807, 2.05) is 31.2 Å². The summed E-state index contributed by atoms with van der Waals surface area (Å²) in [6, 6.07) is 14.1. The average Bonchev–Trinajstić information content (AvgIpc) is 3.10. The lowest BCUT2D eigenvalue weighted by Gasteiger charge is -2.19. The quantitative estimate of drug-likeness (QED) is 0.520. The van der Waals surface area contributed by atoms with Crippen molar-refractivity contribution < 1.29 is 9.53 Å². The molecule has 0 radical (unpaired) electrons. The zero-order chi connectivity index (χ0) is 21.7. The molecule has 5 heteroatoms. The van der Waals surface area contributed by atoms with E-state index in [1.54, 1.807) is 0 Å². The minimum atomic E-state index is -0.174. The summed E-state index contributed by atoms with van der Waals surface area (Å²) < 4.78 is 8.18. The van der Waals surface area contributed by atoms with Crippen LogP contribution in [-0.4, -0.2) is 22.1 Å². The van der Waals surface area contributed by atoms with E-state index in [4.69, 9.17) is 9.72 Å². The summed E-state index contributed by atoms with van der Waals surface area (Å²) in [5, 5.41) is 3.16. The van der Waals surface area contributed by atoms with Crippen LogP contribution >= 0.6 is 0 Å². The minimum Gasteiger partial charge on any atom is -0.492 e. The van der Waals surface area contributed by atoms with Crippen LogP contribution in [0.1, 0.15) is 56.6 Å². The van der Waals surface area contributed by atoms with Gasteiger partial charge in [0.15, 0.2) is 0 Å². The summed E-state index contributed by atoms with van der Waals surface area (Å²) in [5.74, 6) is 1.87. The molecule has 1 amide bonds. The number of para-hydroxylation sites is 2. The number of imidazole rings is 1. The number of aryl methyl sites for hydroxylation is 2. The molecule has 30 heavy (non-hydrogen) atoms. The van der Waals surface area contributed by atoms with E-state index in [0.29, 0.717) is 13.2 Å². The number of amides is 1. The number of rotatable bonds is 9. The van der Waals surface area contributed by atoms with Crippen LogP contribution in [0.5, 0.6) is 5.75 Å². The van der Waals surface area contributed by atoms with E-state index in [1.165, 1.54) is 11.1 Å². The Bertz CT molecular complexity index is 1000. The number of fused-ring (bicyclic) bond motifs is 1. The predicted octanol–water partition coefficient (Wildman–Crippen LogP) is 5.35. The Morgan fingerprint density at radius 2 is 1.83 bits per heavy atom. The first-order chi connectivity index (χ1) is 14.4. The molecule has 0 spiro atoms. The maximum absolute atomic E-state index is 12.6. The van der Waals surface area contributed by atoms with Crippen LogP contribution < -0.4 is 10.1 Å². The lowest BCUT2D eigenvalue weighted by molar-refractivity contribution is -0.125. The maximum Gasteiger partial charge on any atom is 0.223 e. The molecule has 0 aliphatic carbocycles. The fraction of sp³-hybridized carbons (Fsp3) is 0.440. The first-order valence-electron chi connectivity index (χ1n) is 10.9. The van der Waals surface area contributed by atoms with Gasteiger partial charge in [0, 0.05) is 5.92 Å². The van der Waals surface area contributed by atoms with Crippen LogP contribution in [0.3, 0.4) is 0 Å². The molecular formula is C25H33N3O2. The molecule has 1 heterocycles. The van der Waals surface area contributed by atoms with Gasteiger partial charge in [0.05, 0.1) is 23.6 Å². The van der Waals surface area contributed by atoms with Gasteiger partial charge >= 0.3 is 0 Å². The third kappa shape index (κ3) is 4.84. The average molecular weight is 408 g/mol. The second-order valence-corrected chi connectivity index (χ2v) is 7.95. The standard InChI is InChI=1S/C25H33N3O2/c1-6-20(7-2)25(29)26-19(5)24-27-22-10-8-9-11-23(22)28(24)14-15-30-21-13-12-17(3)18(4)16-21/h8-13,16,19-20H,6-7,14-15H2,1-5H3,(H,26,29). The van der Waals surface area contributed by atoms with Crippen LogP contribution in [0.15, 0.2) is 42.5 Å². The van der Waals surface area contributed by atoms with E-state index in [0.717, 1.165) is 35.4 Å². The number of aromatic nitrogens is 2. The molecule has 0 saturated carbocycles. The van der Waals surface area contributed by atoms with Gasteiger partial charge < -0.3 is 14.6 Å². The molecule has 3 rings (SSSR count). The van der Waals surface area contributed by atoms with Gasteiger partial charge in [-0.2, -0.15) is 0 Å². The molecule has 0 aliphatic rings. The molecule has 5 nitrogen and oxygen atoms in total. The molecule has 0 fully saturated rings. The first-order valence-corrected chi connectivity index (χ1v) is 10.9. The third-order valence-electron chi connectivity index (χ3n) is 5.85. The summed E-state index contributed by atoms with van der Waals surface area (Å²) >= 11 is 0. The van der Waals surface area contributed by atoms with Crippen LogP contribution in [-0.2, 0) is 11.3 Å². The van der Waals surface area contributed by atoms with E-state index in [9.17, 15) is 4.79 Å². The second-order valence-electron chi connectivity index (χ2n) is 7.95. The van der Waals surface area contributed by atoms with Crippen molar-refractivity contribution in [1.29, 1.82) is 0 Å². The highest BCUT2D eigenvalue weighted by atomic mass is 16.5. The van der Waals surface area contributed by atoms with E-state index in [-0.39, 0.29) is 17.9 Å². The predicted molar refractivity (Wildman–Crippen MR) is 122 cm³/mol. The summed E-state index contributed by atoms with van der Waals surface area (Å²) in [6.07, 6.45) is 1.69. The number of nitrogens with one attached hydrogen (secondary N) is 1. The highest BCUT2D eigenvalue weighted by molar-refractivity contribution is 5.79. The lowest BCUT2D eigenvalue weighted by Crippen LogP contribution is -2.33. The van der Waals surface area contributed by atoms with Gasteiger partial charge in [0.25, 0.3) is 0 Å². The molecule has 0 bridgehead atoms. The maximum atomic E-state index is 12.6. The molecule has 1 unspecified atom stereocenters. The second kappa shape index (κ2) is 9.79. The third-order valence-corrected chi connectivity index (χ3v) is 5.85. The van der Waals surface area contributed by atoms with Crippen molar-refractivity contribution >= 4 is 16.9 Å². The smallest absolute Gasteiger partial charge is 0.223 e. The number of carbonyl (C=O) groups excluding carboxylic acids is 1. The monoisotopic (exact) mass is 407 g/mol. The SMILES string of the molecule is CCC(CC)C(=O)NC(C)c1nc2ccccc2n1CCOc1ccc(C)c(C)c1. The Morgan fingerprint density at radius 3 is 2.53 bits per heavy atom. The fourth-order valence-corrected chi connectivity index (χ4v) is 3.77. The highest BCUT2D eigenvalue weighted by Crippen LogP contribution is 2.22. The van der Waals surface area contributed by atoms with Crippen LogP contribution in [0.4, 0.5) is 0 Å². The molecule has 1 atom stereocenters. The molecule has 1 aromatic heterocycles. The lowest BCUT2D eigenvalue weighted by atomic mass is 10.0. The Labute approximate surface area is 179 Å². The van der Waals surface area contributed by atoms with Crippen LogP contribution in [0.25, 0.3) is 11.0 Å². The van der Waals surface area contributed by atoms with Gasteiger partial charge in [-0.15, -0.1) is 0 Å². The van der Waals surface area contributed by atoms with Gasteiger partial charge in [-0.1, -0.05) is 32.0 Å². The topological polar surface area (TPSA) is 56.2 Å². The zero-order valence-electron chi connectivity index (χ0n) is 18.7. The summed E-state index contributed by atoms with van der Waals surface area (Å²) in [5.41, 5.74) is 4.47. The molecule has 1 N–H and O–H groups in total. The van der Waals surface area contributed by atoms with Gasteiger partial charge in [0.1, 0.15) is 18.2 Å². The Balaban J connectivity index is 1.78. The zero-order valence-corrected chi connectivity index (χ0v) is 18.7. The van der Waals surface area contributed by atoms with Crippen LogP contribution in [0, 0.1) is 19.8 Å². The number of ether oxygens (including phenoxy) is 1. The number of hydrogen-bond donors (Lipinski definition) is 1. The summed E-state index contributed by atoms with van der Waals surface area (Å²) in [4.78, 5) is 17.4. The largest absolute Gasteiger partial charge is 0.492 e. The number of carbonyl (C=O) groups is 1. The van der Waals surface area contributed by atoms with Crippen LogP contribution in [0.2, 0.25) is 0 Å². The molecular weight excluding hydrogens is 374 g/mol. The molecule has 0 aliphatic heterocycles. The summed E-state index contributed by atoms with van der Waals surface area (Å²) in [6.45, 7) is 11.5. The first kappa shape index (κ1) is 21.9. The van der Waals surface area contributed by atoms with Crippen molar-refractivity contribution in [3.8, 4) is 5.75 Å². The number of benzene rings is 2. The van der Waals surface area contributed by atoms with E-state index in [2.05, 4.69) is 55.8 Å². The van der Waals surface area contributed by atoms with E-state index < -0.39 is 0 Å². The van der Waals surface area contributed by atoms with Gasteiger partial charge in [-0.3, -0.25) is 4.79 Å². The van der Waals surface area contributed by atoms with Crippen molar-refractivity contribution in [3.63, 3.8) is 0 Å². The number of nitrogens with zero attached hydrogens (tertiary/aromatic N) is 2. The van der Waals surface area contributed by atoms with Gasteiger partial charge in [-0.25, -0.2) is 4.98 Å². The minimum absolute atomic E-state index is 0.0402. The van der Waals surface area contributed by atoms with Crippen molar-refractivity contribution in [2.75, 3.05) is 6.61 Å². The van der Waals surface area contributed by atoms with E-state index >= 15 is 0 Å². The Hall–Kier alpha value is -2.82. The van der Waals surface area contributed by atoms with Crippen molar-refractivity contribution in [1.82, 2.24) is 14.9 Å². The molecule has 160 valence electrons. The Morgan fingerprint density at radius 1 is 1.10 bits per heavy atom. The van der Waals surface area contributed by atoms with Gasteiger partial charge in [0.2, 0.25) is 5.91 Å². The van der Waals surface area contributed by atoms with Crippen molar-refractivity contribution in [2.45, 2.75) is 60.0 Å². The van der Waals surface area contributed by atoms with Crippen molar-refractivity contribution in [2.24, 2.45) is 5.92 Å². The fourth-order valence-electron chi connectivity index (χ4n) is 3.77.